The summed E-state index contributed by atoms with van der Waals surface area (Å²) in [5.41, 5.74) is 4.91. The second-order valence-electron chi connectivity index (χ2n) is 7.38. The Bertz CT molecular complexity index is 967. The van der Waals surface area contributed by atoms with Gasteiger partial charge in [0, 0.05) is 24.2 Å². The Morgan fingerprint density at radius 2 is 1.82 bits per heavy atom. The first kappa shape index (κ1) is 18.4. The molecule has 0 N–H and O–H groups in total. The van der Waals surface area contributed by atoms with E-state index in [2.05, 4.69) is 31.2 Å². The Labute approximate surface area is 164 Å². The minimum absolute atomic E-state index is 0.0319. The standard InChI is InChI=1S/C24H23FN2O/c1-17-7-9-18(10-8-17)16-21-4-2-5-22(26-21)23-6-3-15-27(23)24(28)19-11-13-20(25)14-12-19/h2,4-5,7-14,23H,3,6,15-16H2,1H3/t23-/m1/s1. The summed E-state index contributed by atoms with van der Waals surface area (Å²) in [5.74, 6) is -0.395. The van der Waals surface area contributed by atoms with Crippen LogP contribution < -0.4 is 0 Å². The van der Waals surface area contributed by atoms with Gasteiger partial charge in [-0.05, 0) is 61.7 Å². The molecule has 1 aromatic heterocycles. The lowest BCUT2D eigenvalue weighted by Gasteiger charge is -2.25. The Balaban J connectivity index is 1.55. The van der Waals surface area contributed by atoms with Gasteiger partial charge in [-0.15, -0.1) is 0 Å². The summed E-state index contributed by atoms with van der Waals surface area (Å²) in [7, 11) is 0. The van der Waals surface area contributed by atoms with E-state index >= 15 is 0 Å². The zero-order chi connectivity index (χ0) is 19.5. The summed E-state index contributed by atoms with van der Waals surface area (Å²) in [5, 5.41) is 0. The molecule has 0 aliphatic carbocycles. The van der Waals surface area contributed by atoms with E-state index in [9.17, 15) is 9.18 Å². The lowest BCUT2D eigenvalue weighted by atomic mass is 10.1. The third kappa shape index (κ3) is 3.96. The normalized spacial score (nSPS) is 16.4. The van der Waals surface area contributed by atoms with Crippen molar-refractivity contribution in [2.45, 2.75) is 32.2 Å². The highest BCUT2D eigenvalue weighted by Gasteiger charge is 2.31. The summed E-state index contributed by atoms with van der Waals surface area (Å²) in [6, 6.07) is 20.3. The number of rotatable bonds is 4. The number of amides is 1. The zero-order valence-electron chi connectivity index (χ0n) is 15.9. The van der Waals surface area contributed by atoms with E-state index in [0.29, 0.717) is 12.1 Å². The largest absolute Gasteiger partial charge is 0.330 e. The molecule has 0 unspecified atom stereocenters. The van der Waals surface area contributed by atoms with Crippen LogP contribution in [0, 0.1) is 12.7 Å². The topological polar surface area (TPSA) is 33.2 Å². The summed E-state index contributed by atoms with van der Waals surface area (Å²) in [4.78, 5) is 19.7. The van der Waals surface area contributed by atoms with E-state index < -0.39 is 0 Å². The third-order valence-corrected chi connectivity index (χ3v) is 5.28. The van der Waals surface area contributed by atoms with Gasteiger partial charge in [0.05, 0.1) is 11.7 Å². The number of aryl methyl sites for hydroxylation is 1. The van der Waals surface area contributed by atoms with Crippen LogP contribution in [0.2, 0.25) is 0 Å². The fourth-order valence-corrected chi connectivity index (χ4v) is 3.77. The first-order chi connectivity index (χ1) is 13.6. The summed E-state index contributed by atoms with van der Waals surface area (Å²) in [6.45, 7) is 2.78. The molecule has 4 rings (SSSR count). The Morgan fingerprint density at radius 1 is 1.07 bits per heavy atom. The average Bonchev–Trinajstić information content (AvgIpc) is 3.20. The number of pyridine rings is 1. The highest BCUT2D eigenvalue weighted by Crippen LogP contribution is 2.32. The van der Waals surface area contributed by atoms with Crippen LogP contribution >= 0.6 is 0 Å². The number of hydrogen-bond acceptors (Lipinski definition) is 2. The SMILES string of the molecule is Cc1ccc(Cc2cccc([C@H]3CCCN3C(=O)c3ccc(F)cc3)n2)cc1. The maximum atomic E-state index is 13.2. The smallest absolute Gasteiger partial charge is 0.254 e. The number of nitrogens with zero attached hydrogens (tertiary/aromatic N) is 2. The third-order valence-electron chi connectivity index (χ3n) is 5.28. The first-order valence-electron chi connectivity index (χ1n) is 9.68. The first-order valence-corrected chi connectivity index (χ1v) is 9.68. The molecule has 0 spiro atoms. The number of benzene rings is 2. The Morgan fingerprint density at radius 3 is 2.57 bits per heavy atom. The maximum absolute atomic E-state index is 13.2. The molecule has 1 aliphatic heterocycles. The molecular weight excluding hydrogens is 351 g/mol. The van der Waals surface area contributed by atoms with Crippen molar-refractivity contribution < 1.29 is 9.18 Å². The summed E-state index contributed by atoms with van der Waals surface area (Å²) >= 11 is 0. The van der Waals surface area contributed by atoms with Gasteiger partial charge < -0.3 is 4.90 Å². The number of carbonyl (C=O) groups excluding carboxylic acids is 1. The van der Waals surface area contributed by atoms with E-state index in [1.54, 1.807) is 12.1 Å². The van der Waals surface area contributed by atoms with Crippen LogP contribution in [-0.2, 0) is 6.42 Å². The van der Waals surface area contributed by atoms with Crippen molar-refractivity contribution in [3.8, 4) is 0 Å². The minimum atomic E-state index is -0.333. The molecule has 1 saturated heterocycles. The van der Waals surface area contributed by atoms with E-state index in [1.165, 1.54) is 23.3 Å². The van der Waals surface area contributed by atoms with Crippen molar-refractivity contribution in [2.24, 2.45) is 0 Å². The van der Waals surface area contributed by atoms with E-state index in [1.807, 2.05) is 23.1 Å². The molecule has 0 bridgehead atoms. The van der Waals surface area contributed by atoms with Crippen LogP contribution in [-0.4, -0.2) is 22.3 Å². The van der Waals surface area contributed by atoms with Crippen molar-refractivity contribution >= 4 is 5.91 Å². The molecule has 3 nitrogen and oxygen atoms in total. The van der Waals surface area contributed by atoms with Gasteiger partial charge in [0.25, 0.3) is 5.91 Å². The Hall–Kier alpha value is -3.01. The molecule has 1 atom stereocenters. The molecule has 0 saturated carbocycles. The van der Waals surface area contributed by atoms with Crippen LogP contribution in [0.1, 0.15) is 51.8 Å². The molecule has 2 heterocycles. The molecule has 0 radical (unpaired) electrons. The van der Waals surface area contributed by atoms with Gasteiger partial charge in [-0.2, -0.15) is 0 Å². The van der Waals surface area contributed by atoms with Gasteiger partial charge >= 0.3 is 0 Å². The number of likely N-dealkylation sites (tertiary alicyclic amines) is 1. The van der Waals surface area contributed by atoms with Crippen LogP contribution in [0.5, 0.6) is 0 Å². The molecular formula is C24H23FN2O. The predicted molar refractivity (Wildman–Crippen MR) is 108 cm³/mol. The van der Waals surface area contributed by atoms with E-state index in [-0.39, 0.29) is 17.8 Å². The monoisotopic (exact) mass is 374 g/mol. The molecule has 142 valence electrons. The second kappa shape index (κ2) is 7.93. The van der Waals surface area contributed by atoms with E-state index in [0.717, 1.165) is 30.7 Å². The van der Waals surface area contributed by atoms with E-state index in [4.69, 9.17) is 4.98 Å². The summed E-state index contributed by atoms with van der Waals surface area (Å²) in [6.07, 6.45) is 2.61. The number of hydrogen-bond donors (Lipinski definition) is 0. The minimum Gasteiger partial charge on any atom is -0.330 e. The molecule has 1 amide bonds. The van der Waals surface area contributed by atoms with Gasteiger partial charge in [-0.1, -0.05) is 35.9 Å². The fourth-order valence-electron chi connectivity index (χ4n) is 3.77. The second-order valence-corrected chi connectivity index (χ2v) is 7.38. The number of carbonyl (C=O) groups is 1. The van der Waals surface area contributed by atoms with Gasteiger partial charge in [0.2, 0.25) is 0 Å². The molecule has 4 heteroatoms. The van der Waals surface area contributed by atoms with Crippen molar-refractivity contribution in [3.05, 3.63) is 101 Å². The van der Waals surface area contributed by atoms with Gasteiger partial charge in [-0.25, -0.2) is 4.39 Å². The molecule has 2 aromatic carbocycles. The van der Waals surface area contributed by atoms with Gasteiger partial charge in [0.1, 0.15) is 5.82 Å². The van der Waals surface area contributed by atoms with Crippen molar-refractivity contribution in [1.82, 2.24) is 9.88 Å². The van der Waals surface area contributed by atoms with Crippen LogP contribution in [0.15, 0.2) is 66.7 Å². The average molecular weight is 374 g/mol. The molecule has 28 heavy (non-hydrogen) atoms. The van der Waals surface area contributed by atoms with Gasteiger partial charge in [0.15, 0.2) is 0 Å². The lowest BCUT2D eigenvalue weighted by Crippen LogP contribution is -2.31. The molecule has 3 aromatic rings. The van der Waals surface area contributed by atoms with Crippen LogP contribution in [0.25, 0.3) is 0 Å². The lowest BCUT2D eigenvalue weighted by molar-refractivity contribution is 0.0732. The quantitative estimate of drug-likeness (QED) is 0.637. The summed E-state index contributed by atoms with van der Waals surface area (Å²) < 4.78 is 13.2. The highest BCUT2D eigenvalue weighted by molar-refractivity contribution is 5.94. The highest BCUT2D eigenvalue weighted by atomic mass is 19.1. The number of halogens is 1. The maximum Gasteiger partial charge on any atom is 0.254 e. The van der Waals surface area contributed by atoms with Crippen LogP contribution in [0.4, 0.5) is 4.39 Å². The fraction of sp³-hybridized carbons (Fsp3) is 0.250. The number of aromatic nitrogens is 1. The Kier molecular flexibility index (Phi) is 5.20. The van der Waals surface area contributed by atoms with Crippen molar-refractivity contribution in [3.63, 3.8) is 0 Å². The molecule has 1 fully saturated rings. The predicted octanol–water partition coefficient (Wildman–Crippen LogP) is 5.10. The zero-order valence-corrected chi connectivity index (χ0v) is 15.9. The van der Waals surface area contributed by atoms with Crippen molar-refractivity contribution in [2.75, 3.05) is 6.54 Å². The van der Waals surface area contributed by atoms with Crippen molar-refractivity contribution in [1.29, 1.82) is 0 Å². The van der Waals surface area contributed by atoms with Gasteiger partial charge in [-0.3, -0.25) is 9.78 Å². The van der Waals surface area contributed by atoms with Crippen LogP contribution in [0.3, 0.4) is 0 Å². The molecule has 1 aliphatic rings.